The van der Waals surface area contributed by atoms with Crippen LogP contribution in [0.4, 0.5) is 0 Å². The van der Waals surface area contributed by atoms with Gasteiger partial charge in [0.15, 0.2) is 0 Å². The lowest BCUT2D eigenvalue weighted by atomic mass is 9.98. The van der Waals surface area contributed by atoms with Crippen molar-refractivity contribution in [2.45, 2.75) is 18.9 Å². The van der Waals surface area contributed by atoms with Crippen molar-refractivity contribution >= 4 is 16.8 Å². The van der Waals surface area contributed by atoms with Gasteiger partial charge in [0, 0.05) is 19.1 Å². The van der Waals surface area contributed by atoms with Gasteiger partial charge in [0.25, 0.3) is 5.91 Å². The molecule has 1 amide bonds. The smallest absolute Gasteiger partial charge is 0.253 e. The Labute approximate surface area is 117 Å². The second-order valence-corrected chi connectivity index (χ2v) is 5.06. The molecular formula is C14H19N3O3. The first-order chi connectivity index (χ1) is 9.59. The number of methoxy groups -OCH3 is 1. The Kier molecular flexibility index (Phi) is 4.36. The van der Waals surface area contributed by atoms with Gasteiger partial charge in [-0.1, -0.05) is 12.1 Å². The highest BCUT2D eigenvalue weighted by Gasteiger charge is 2.27. The minimum atomic E-state index is -0.608. The Morgan fingerprint density at radius 1 is 1.55 bits per heavy atom. The van der Waals surface area contributed by atoms with Crippen LogP contribution in [0.25, 0.3) is 10.9 Å². The monoisotopic (exact) mass is 277 g/mol. The van der Waals surface area contributed by atoms with Gasteiger partial charge in [-0.3, -0.25) is 9.89 Å². The Morgan fingerprint density at radius 2 is 2.35 bits per heavy atom. The summed E-state index contributed by atoms with van der Waals surface area (Å²) in [7, 11) is 1.57. The highest BCUT2D eigenvalue weighted by atomic mass is 16.5. The van der Waals surface area contributed by atoms with Crippen molar-refractivity contribution in [1.82, 2.24) is 15.5 Å². The molecule has 0 saturated heterocycles. The summed E-state index contributed by atoms with van der Waals surface area (Å²) in [6, 6.07) is 5.44. The normalized spacial score (nSPS) is 14.2. The summed E-state index contributed by atoms with van der Waals surface area (Å²) in [5, 5.41) is 19.7. The highest BCUT2D eigenvalue weighted by Crippen LogP contribution is 2.17. The number of H-pyrrole nitrogens is 1. The average Bonchev–Trinajstić information content (AvgIpc) is 2.86. The van der Waals surface area contributed by atoms with E-state index in [2.05, 4.69) is 15.5 Å². The number of aliphatic hydroxyl groups excluding tert-OH is 1. The van der Waals surface area contributed by atoms with Crippen LogP contribution >= 0.6 is 0 Å². The lowest BCUT2D eigenvalue weighted by molar-refractivity contribution is 0.0727. The molecule has 0 aliphatic rings. The van der Waals surface area contributed by atoms with E-state index in [1.54, 1.807) is 19.4 Å². The van der Waals surface area contributed by atoms with Crippen molar-refractivity contribution in [3.8, 4) is 0 Å². The maximum atomic E-state index is 12.4. The number of benzene rings is 1. The SMILES string of the molecule is COCC(C)(CCO)NC(=O)c1cccc2cn[nH]c12. The fraction of sp³-hybridized carbons (Fsp3) is 0.429. The minimum absolute atomic E-state index is 0.0194. The standard InChI is InChI=1S/C14H19N3O3/c1-14(6-7-18,9-20-2)16-13(19)11-5-3-4-10-8-15-17-12(10)11/h3-5,8,18H,6-7,9H2,1-2H3,(H,15,17)(H,16,19). The first-order valence-electron chi connectivity index (χ1n) is 6.44. The third kappa shape index (κ3) is 2.97. The van der Waals surface area contributed by atoms with Crippen LogP contribution in [-0.2, 0) is 4.74 Å². The highest BCUT2D eigenvalue weighted by molar-refractivity contribution is 6.05. The molecule has 1 aromatic carbocycles. The number of carbonyl (C=O) groups is 1. The van der Waals surface area contributed by atoms with Gasteiger partial charge in [-0.05, 0) is 19.4 Å². The van der Waals surface area contributed by atoms with E-state index in [4.69, 9.17) is 9.84 Å². The van der Waals surface area contributed by atoms with Crippen LogP contribution in [0.1, 0.15) is 23.7 Å². The van der Waals surface area contributed by atoms with Gasteiger partial charge in [-0.25, -0.2) is 0 Å². The number of nitrogens with one attached hydrogen (secondary N) is 2. The molecule has 0 aliphatic carbocycles. The van der Waals surface area contributed by atoms with E-state index >= 15 is 0 Å². The molecule has 1 aromatic heterocycles. The zero-order valence-electron chi connectivity index (χ0n) is 11.6. The van der Waals surface area contributed by atoms with E-state index in [1.165, 1.54) is 0 Å². The van der Waals surface area contributed by atoms with Gasteiger partial charge in [0.05, 0.1) is 29.4 Å². The number of nitrogens with zero attached hydrogens (tertiary/aromatic N) is 1. The molecule has 0 saturated carbocycles. The van der Waals surface area contributed by atoms with Gasteiger partial charge in [-0.15, -0.1) is 0 Å². The van der Waals surface area contributed by atoms with Crippen LogP contribution in [0.15, 0.2) is 24.4 Å². The average molecular weight is 277 g/mol. The number of aromatic nitrogens is 2. The van der Waals surface area contributed by atoms with Crippen LogP contribution in [0, 0.1) is 0 Å². The molecule has 6 heteroatoms. The Hall–Kier alpha value is -1.92. The molecule has 2 rings (SSSR count). The summed E-state index contributed by atoms with van der Waals surface area (Å²) in [5.41, 5.74) is 0.622. The number of amides is 1. The van der Waals surface area contributed by atoms with E-state index in [1.807, 2.05) is 19.1 Å². The molecule has 2 aromatic rings. The molecule has 0 bridgehead atoms. The summed E-state index contributed by atoms with van der Waals surface area (Å²) in [6.45, 7) is 2.16. The summed E-state index contributed by atoms with van der Waals surface area (Å²) in [5.74, 6) is -0.215. The number of fused-ring (bicyclic) bond motifs is 1. The fourth-order valence-electron chi connectivity index (χ4n) is 2.24. The van der Waals surface area contributed by atoms with Crippen molar-refractivity contribution in [3.63, 3.8) is 0 Å². The van der Waals surface area contributed by atoms with Crippen LogP contribution in [-0.4, -0.2) is 47.1 Å². The van der Waals surface area contributed by atoms with E-state index in [0.717, 1.165) is 5.39 Å². The van der Waals surface area contributed by atoms with Crippen molar-refractivity contribution in [1.29, 1.82) is 0 Å². The predicted octanol–water partition coefficient (Wildman–Crippen LogP) is 1.08. The molecule has 1 heterocycles. The van der Waals surface area contributed by atoms with E-state index in [0.29, 0.717) is 24.1 Å². The summed E-state index contributed by atoms with van der Waals surface area (Å²) >= 11 is 0. The van der Waals surface area contributed by atoms with E-state index < -0.39 is 5.54 Å². The van der Waals surface area contributed by atoms with Crippen molar-refractivity contribution < 1.29 is 14.6 Å². The van der Waals surface area contributed by atoms with Crippen molar-refractivity contribution in [3.05, 3.63) is 30.0 Å². The first-order valence-corrected chi connectivity index (χ1v) is 6.44. The Bertz CT molecular complexity index is 588. The van der Waals surface area contributed by atoms with Crippen molar-refractivity contribution in [2.75, 3.05) is 20.3 Å². The number of aromatic amines is 1. The molecule has 6 nitrogen and oxygen atoms in total. The molecule has 3 N–H and O–H groups in total. The van der Waals surface area contributed by atoms with Gasteiger partial charge in [0.2, 0.25) is 0 Å². The van der Waals surface area contributed by atoms with E-state index in [-0.39, 0.29) is 12.5 Å². The van der Waals surface area contributed by atoms with Crippen LogP contribution in [0.5, 0.6) is 0 Å². The van der Waals surface area contributed by atoms with Crippen molar-refractivity contribution in [2.24, 2.45) is 0 Å². The first kappa shape index (κ1) is 14.5. The number of carbonyl (C=O) groups excluding carboxylic acids is 1. The summed E-state index contributed by atoms with van der Waals surface area (Å²) < 4.78 is 5.12. The maximum Gasteiger partial charge on any atom is 0.253 e. The van der Waals surface area contributed by atoms with Crippen LogP contribution in [0.3, 0.4) is 0 Å². The van der Waals surface area contributed by atoms with Gasteiger partial charge < -0.3 is 15.2 Å². The number of aliphatic hydroxyl groups is 1. The maximum absolute atomic E-state index is 12.4. The number of ether oxygens (including phenoxy) is 1. The quantitative estimate of drug-likeness (QED) is 0.737. The largest absolute Gasteiger partial charge is 0.396 e. The number of hydrogen-bond donors (Lipinski definition) is 3. The molecule has 0 radical (unpaired) electrons. The molecule has 20 heavy (non-hydrogen) atoms. The number of rotatable bonds is 6. The second-order valence-electron chi connectivity index (χ2n) is 5.06. The second kappa shape index (κ2) is 6.02. The molecule has 0 spiro atoms. The van der Waals surface area contributed by atoms with Gasteiger partial charge in [-0.2, -0.15) is 5.10 Å². The number of para-hydroxylation sites is 1. The Morgan fingerprint density at radius 3 is 3.05 bits per heavy atom. The zero-order valence-corrected chi connectivity index (χ0v) is 11.6. The topological polar surface area (TPSA) is 87.2 Å². The third-order valence-corrected chi connectivity index (χ3v) is 3.26. The summed E-state index contributed by atoms with van der Waals surface area (Å²) in [6.07, 6.45) is 2.10. The lowest BCUT2D eigenvalue weighted by Gasteiger charge is -2.29. The molecule has 0 aliphatic heterocycles. The minimum Gasteiger partial charge on any atom is -0.396 e. The summed E-state index contributed by atoms with van der Waals surface area (Å²) in [4.78, 5) is 12.4. The van der Waals surface area contributed by atoms with Gasteiger partial charge >= 0.3 is 0 Å². The molecule has 1 unspecified atom stereocenters. The Balaban J connectivity index is 2.24. The lowest BCUT2D eigenvalue weighted by Crippen LogP contribution is -2.50. The van der Waals surface area contributed by atoms with Gasteiger partial charge in [0.1, 0.15) is 0 Å². The number of hydrogen-bond acceptors (Lipinski definition) is 4. The molecule has 108 valence electrons. The van der Waals surface area contributed by atoms with Crippen LogP contribution < -0.4 is 5.32 Å². The molecule has 1 atom stereocenters. The fourth-order valence-corrected chi connectivity index (χ4v) is 2.24. The molecule has 0 fully saturated rings. The zero-order chi connectivity index (χ0) is 14.6. The third-order valence-electron chi connectivity index (χ3n) is 3.26. The predicted molar refractivity (Wildman–Crippen MR) is 75.5 cm³/mol. The van der Waals surface area contributed by atoms with E-state index in [9.17, 15) is 4.79 Å². The molecular weight excluding hydrogens is 258 g/mol. The van der Waals surface area contributed by atoms with Crippen LogP contribution in [0.2, 0.25) is 0 Å².